The summed E-state index contributed by atoms with van der Waals surface area (Å²) in [6.07, 6.45) is 32.2. The Kier molecular flexibility index (Phi) is 33.0. The van der Waals surface area contributed by atoms with Gasteiger partial charge in [0.2, 0.25) is 0 Å². The second kappa shape index (κ2) is 33.6. The Bertz CT molecular complexity index is 692. The van der Waals surface area contributed by atoms with Crippen molar-refractivity contribution >= 4 is 13.8 Å². The van der Waals surface area contributed by atoms with Crippen molar-refractivity contribution in [1.82, 2.24) is 0 Å². The zero-order valence-corrected chi connectivity index (χ0v) is 29.6. The van der Waals surface area contributed by atoms with Gasteiger partial charge < -0.3 is 20.1 Å². The number of rotatable bonds is 35. The molecule has 0 aromatic rings. The van der Waals surface area contributed by atoms with Gasteiger partial charge in [-0.25, -0.2) is 4.57 Å². The fourth-order valence-electron chi connectivity index (χ4n) is 4.99. The van der Waals surface area contributed by atoms with Gasteiger partial charge in [-0.3, -0.25) is 13.8 Å². The Hall–Kier alpha value is -0.760. The van der Waals surface area contributed by atoms with Crippen LogP contribution in [0.4, 0.5) is 0 Å². The lowest BCUT2D eigenvalue weighted by Crippen LogP contribution is -2.28. The first kappa shape index (κ1) is 43.2. The van der Waals surface area contributed by atoms with E-state index < -0.39 is 13.9 Å². The summed E-state index contributed by atoms with van der Waals surface area (Å²) in [6, 6.07) is 0. The number of carbonyl (C=O) groups excluding carboxylic acids is 1. The standard InChI is InChI=1S/C35H70NO7P/c1-3-5-7-9-11-13-15-16-17-19-21-23-25-27-30-40-32-34(33-42-44(38,39)41-31-29-36)43-35(37)28-26-24-22-20-18-14-12-10-8-6-4-2/h13,15,34H,3-12,14,16-33,36H2,1-2H3,(H,38,39)/b15-13-. The minimum atomic E-state index is -4.26. The molecule has 0 rings (SSSR count). The van der Waals surface area contributed by atoms with Gasteiger partial charge in [-0.2, -0.15) is 0 Å². The van der Waals surface area contributed by atoms with Gasteiger partial charge in [-0.05, 0) is 38.5 Å². The highest BCUT2D eigenvalue weighted by atomic mass is 31.2. The van der Waals surface area contributed by atoms with E-state index in [4.69, 9.17) is 24.3 Å². The quantitative estimate of drug-likeness (QED) is 0.0302. The number of hydrogen-bond acceptors (Lipinski definition) is 7. The lowest BCUT2D eigenvalue weighted by atomic mass is 10.1. The van der Waals surface area contributed by atoms with E-state index in [0.29, 0.717) is 13.0 Å². The summed E-state index contributed by atoms with van der Waals surface area (Å²) in [5.74, 6) is -0.333. The molecule has 44 heavy (non-hydrogen) atoms. The molecule has 3 N–H and O–H groups in total. The maximum Gasteiger partial charge on any atom is 0.472 e. The molecule has 0 bridgehead atoms. The molecule has 0 saturated carbocycles. The highest BCUT2D eigenvalue weighted by Crippen LogP contribution is 2.43. The molecular formula is C35H70NO7P. The van der Waals surface area contributed by atoms with E-state index >= 15 is 0 Å². The normalized spacial score (nSPS) is 13.8. The van der Waals surface area contributed by atoms with E-state index in [1.54, 1.807) is 0 Å². The molecule has 0 spiro atoms. The number of carbonyl (C=O) groups is 1. The number of phosphoric ester groups is 1. The molecule has 2 atom stereocenters. The van der Waals surface area contributed by atoms with Gasteiger partial charge in [-0.1, -0.05) is 135 Å². The highest BCUT2D eigenvalue weighted by molar-refractivity contribution is 7.47. The van der Waals surface area contributed by atoms with Crippen LogP contribution in [0.3, 0.4) is 0 Å². The van der Waals surface area contributed by atoms with Gasteiger partial charge in [0.25, 0.3) is 0 Å². The second-order valence-electron chi connectivity index (χ2n) is 12.1. The molecule has 0 heterocycles. The molecule has 0 fully saturated rings. The molecule has 8 nitrogen and oxygen atoms in total. The van der Waals surface area contributed by atoms with Gasteiger partial charge in [0, 0.05) is 19.6 Å². The molecule has 262 valence electrons. The third-order valence-corrected chi connectivity index (χ3v) is 8.67. The van der Waals surface area contributed by atoms with Crippen molar-refractivity contribution in [2.45, 2.75) is 174 Å². The average molecular weight is 648 g/mol. The lowest BCUT2D eigenvalue weighted by molar-refractivity contribution is -0.154. The van der Waals surface area contributed by atoms with Crippen LogP contribution in [0.2, 0.25) is 0 Å². The summed E-state index contributed by atoms with van der Waals surface area (Å²) < 4.78 is 33.2. The van der Waals surface area contributed by atoms with Gasteiger partial charge >= 0.3 is 13.8 Å². The third kappa shape index (κ3) is 32.6. The minimum absolute atomic E-state index is 0.0938. The SMILES string of the molecule is CCCCCC/C=C\CCCCCCCCOCC(COP(=O)(O)OCCN)OC(=O)CCCCCCCCCCCCC. The first-order chi connectivity index (χ1) is 21.4. The predicted molar refractivity (Wildman–Crippen MR) is 183 cm³/mol. The largest absolute Gasteiger partial charge is 0.472 e. The van der Waals surface area contributed by atoms with Crippen molar-refractivity contribution in [1.29, 1.82) is 0 Å². The lowest BCUT2D eigenvalue weighted by Gasteiger charge is -2.20. The van der Waals surface area contributed by atoms with Gasteiger partial charge in [-0.15, -0.1) is 0 Å². The van der Waals surface area contributed by atoms with Gasteiger partial charge in [0.15, 0.2) is 0 Å². The van der Waals surface area contributed by atoms with Crippen LogP contribution in [0.1, 0.15) is 168 Å². The first-order valence-electron chi connectivity index (χ1n) is 18.2. The summed E-state index contributed by atoms with van der Waals surface area (Å²) >= 11 is 0. The highest BCUT2D eigenvalue weighted by Gasteiger charge is 2.25. The second-order valence-corrected chi connectivity index (χ2v) is 13.5. The van der Waals surface area contributed by atoms with E-state index in [1.165, 1.54) is 116 Å². The fraction of sp³-hybridized carbons (Fsp3) is 0.914. The van der Waals surface area contributed by atoms with Crippen molar-refractivity contribution in [3.05, 3.63) is 12.2 Å². The summed E-state index contributed by atoms with van der Waals surface area (Å²) in [6.45, 7) is 4.89. The van der Waals surface area contributed by atoms with Gasteiger partial charge in [0.1, 0.15) is 6.10 Å². The summed E-state index contributed by atoms with van der Waals surface area (Å²) in [7, 11) is -4.26. The number of ether oxygens (including phenoxy) is 2. The molecule has 0 aliphatic carbocycles. The van der Waals surface area contributed by atoms with Crippen LogP contribution in [0.25, 0.3) is 0 Å². The average Bonchev–Trinajstić information content (AvgIpc) is 3.01. The topological polar surface area (TPSA) is 117 Å². The monoisotopic (exact) mass is 647 g/mol. The number of allylic oxidation sites excluding steroid dienone is 2. The number of phosphoric acid groups is 1. The molecule has 0 radical (unpaired) electrons. The van der Waals surface area contributed by atoms with Crippen LogP contribution in [0, 0.1) is 0 Å². The Morgan fingerprint density at radius 2 is 1.14 bits per heavy atom. The molecule has 0 aliphatic rings. The third-order valence-electron chi connectivity index (χ3n) is 7.68. The zero-order valence-electron chi connectivity index (χ0n) is 28.7. The Labute approximate surface area is 271 Å². The molecule has 0 amide bonds. The van der Waals surface area contributed by atoms with Crippen molar-refractivity contribution < 1.29 is 32.8 Å². The summed E-state index contributed by atoms with van der Waals surface area (Å²) in [4.78, 5) is 22.3. The van der Waals surface area contributed by atoms with Crippen molar-refractivity contribution in [3.8, 4) is 0 Å². The number of esters is 1. The van der Waals surface area contributed by atoms with Crippen molar-refractivity contribution in [2.75, 3.05) is 33.0 Å². The van der Waals surface area contributed by atoms with Crippen LogP contribution in [-0.4, -0.2) is 49.9 Å². The molecular weight excluding hydrogens is 577 g/mol. The molecule has 9 heteroatoms. The maximum atomic E-state index is 12.5. The summed E-state index contributed by atoms with van der Waals surface area (Å²) in [5.41, 5.74) is 5.34. The summed E-state index contributed by atoms with van der Waals surface area (Å²) in [5, 5.41) is 0. The first-order valence-corrected chi connectivity index (χ1v) is 19.7. The van der Waals surface area contributed by atoms with E-state index in [2.05, 4.69) is 26.0 Å². The predicted octanol–water partition coefficient (Wildman–Crippen LogP) is 9.97. The van der Waals surface area contributed by atoms with E-state index in [1.807, 2.05) is 0 Å². The van der Waals surface area contributed by atoms with E-state index in [0.717, 1.165) is 32.1 Å². The Morgan fingerprint density at radius 1 is 0.659 bits per heavy atom. The number of hydrogen-bond donors (Lipinski definition) is 2. The van der Waals surface area contributed by atoms with E-state index in [-0.39, 0.29) is 32.3 Å². The fourth-order valence-corrected chi connectivity index (χ4v) is 5.76. The van der Waals surface area contributed by atoms with Crippen molar-refractivity contribution in [3.63, 3.8) is 0 Å². The van der Waals surface area contributed by atoms with Crippen molar-refractivity contribution in [2.24, 2.45) is 5.73 Å². The Morgan fingerprint density at radius 3 is 1.68 bits per heavy atom. The zero-order chi connectivity index (χ0) is 32.4. The van der Waals surface area contributed by atoms with Crippen LogP contribution >= 0.6 is 7.82 Å². The van der Waals surface area contributed by atoms with Gasteiger partial charge in [0.05, 0.1) is 19.8 Å². The van der Waals surface area contributed by atoms with Crippen LogP contribution < -0.4 is 5.73 Å². The molecule has 2 unspecified atom stereocenters. The molecule has 0 saturated heterocycles. The van der Waals surface area contributed by atoms with E-state index in [9.17, 15) is 14.3 Å². The van der Waals surface area contributed by atoms with Crippen LogP contribution in [-0.2, 0) is 27.9 Å². The smallest absolute Gasteiger partial charge is 0.457 e. The number of unbranched alkanes of at least 4 members (excludes halogenated alkanes) is 20. The van der Waals surface area contributed by atoms with Crippen LogP contribution in [0.5, 0.6) is 0 Å². The molecule has 0 aromatic heterocycles. The number of nitrogens with two attached hydrogens (primary N) is 1. The minimum Gasteiger partial charge on any atom is -0.457 e. The maximum absolute atomic E-state index is 12.5. The van der Waals surface area contributed by atoms with Crippen LogP contribution in [0.15, 0.2) is 12.2 Å². The molecule has 0 aromatic carbocycles. The Balaban J connectivity index is 4.10. The molecule has 0 aliphatic heterocycles.